The summed E-state index contributed by atoms with van der Waals surface area (Å²) < 4.78 is 53.0. The van der Waals surface area contributed by atoms with Crippen molar-refractivity contribution in [1.29, 1.82) is 0 Å². The first-order valence-electron chi connectivity index (χ1n) is 7.11. The topological polar surface area (TPSA) is 37.4 Å². The molecule has 0 N–H and O–H groups in total. The molecule has 0 heterocycles. The van der Waals surface area contributed by atoms with Gasteiger partial charge in [0.05, 0.1) is 4.90 Å². The molecule has 23 heavy (non-hydrogen) atoms. The molecule has 0 bridgehead atoms. The van der Waals surface area contributed by atoms with Gasteiger partial charge in [-0.15, -0.1) is 0 Å². The van der Waals surface area contributed by atoms with Crippen molar-refractivity contribution < 1.29 is 17.2 Å². The summed E-state index contributed by atoms with van der Waals surface area (Å²) in [5, 5.41) is 0. The normalized spacial score (nSPS) is 12.0. The van der Waals surface area contributed by atoms with E-state index >= 15 is 0 Å². The lowest BCUT2D eigenvalue weighted by Crippen LogP contribution is -2.28. The summed E-state index contributed by atoms with van der Waals surface area (Å²) in [5.41, 5.74) is 2.71. The summed E-state index contributed by atoms with van der Waals surface area (Å²) in [6.45, 7) is 5.37. The molecular weight excluding hydrogens is 320 g/mol. The molecule has 0 radical (unpaired) electrons. The monoisotopic (exact) mass is 339 g/mol. The van der Waals surface area contributed by atoms with Crippen molar-refractivity contribution in [1.82, 2.24) is 4.31 Å². The SMILES string of the molecule is Cc1cc(C)c(S(=O)(=O)N(C)Cc2ccc(F)c(F)c2)c(C)c1. The number of nitrogens with zero attached hydrogens (tertiary/aromatic N) is 1. The largest absolute Gasteiger partial charge is 0.243 e. The average molecular weight is 339 g/mol. The molecule has 0 saturated carbocycles. The minimum Gasteiger partial charge on any atom is -0.207 e. The van der Waals surface area contributed by atoms with Crippen molar-refractivity contribution in [2.45, 2.75) is 32.2 Å². The Morgan fingerprint density at radius 2 is 1.52 bits per heavy atom. The van der Waals surface area contributed by atoms with Gasteiger partial charge in [-0.2, -0.15) is 4.31 Å². The molecule has 0 aliphatic heterocycles. The maximum atomic E-state index is 13.3. The van der Waals surface area contributed by atoms with Crippen molar-refractivity contribution in [3.63, 3.8) is 0 Å². The van der Waals surface area contributed by atoms with Crippen LogP contribution in [0.4, 0.5) is 8.78 Å². The molecular formula is C17H19F2NO2S. The number of aryl methyl sites for hydroxylation is 3. The maximum absolute atomic E-state index is 13.3. The zero-order valence-electron chi connectivity index (χ0n) is 13.5. The fraction of sp³-hybridized carbons (Fsp3) is 0.294. The van der Waals surface area contributed by atoms with Gasteiger partial charge in [0.25, 0.3) is 0 Å². The summed E-state index contributed by atoms with van der Waals surface area (Å²) in [6.07, 6.45) is 0. The van der Waals surface area contributed by atoms with E-state index in [9.17, 15) is 17.2 Å². The van der Waals surface area contributed by atoms with Crippen LogP contribution in [0.25, 0.3) is 0 Å². The summed E-state index contributed by atoms with van der Waals surface area (Å²) in [5.74, 6) is -1.94. The number of benzene rings is 2. The molecule has 0 saturated heterocycles. The third-order valence-corrected chi connectivity index (χ3v) is 5.77. The van der Waals surface area contributed by atoms with Crippen molar-refractivity contribution >= 4 is 10.0 Å². The molecule has 0 amide bonds. The summed E-state index contributed by atoms with van der Waals surface area (Å²) in [7, 11) is -2.30. The highest BCUT2D eigenvalue weighted by molar-refractivity contribution is 7.89. The molecule has 0 fully saturated rings. The van der Waals surface area contributed by atoms with E-state index in [2.05, 4.69) is 0 Å². The summed E-state index contributed by atoms with van der Waals surface area (Å²) >= 11 is 0. The Balaban J connectivity index is 2.38. The molecule has 0 atom stereocenters. The predicted molar refractivity (Wildman–Crippen MR) is 85.7 cm³/mol. The smallest absolute Gasteiger partial charge is 0.207 e. The maximum Gasteiger partial charge on any atom is 0.243 e. The Hall–Kier alpha value is -1.79. The highest BCUT2D eigenvalue weighted by Crippen LogP contribution is 2.25. The minimum absolute atomic E-state index is 0.0354. The lowest BCUT2D eigenvalue weighted by molar-refractivity contribution is 0.461. The van der Waals surface area contributed by atoms with E-state index in [0.29, 0.717) is 16.7 Å². The van der Waals surface area contributed by atoms with E-state index < -0.39 is 21.7 Å². The lowest BCUT2D eigenvalue weighted by atomic mass is 10.1. The van der Waals surface area contributed by atoms with E-state index in [4.69, 9.17) is 0 Å². The molecule has 3 nitrogen and oxygen atoms in total. The van der Waals surface area contributed by atoms with Gasteiger partial charge in [0.15, 0.2) is 11.6 Å². The van der Waals surface area contributed by atoms with Crippen LogP contribution in [0.3, 0.4) is 0 Å². The predicted octanol–water partition coefficient (Wildman–Crippen LogP) is 3.71. The second-order valence-electron chi connectivity index (χ2n) is 5.74. The van der Waals surface area contributed by atoms with E-state index in [-0.39, 0.29) is 11.4 Å². The fourth-order valence-electron chi connectivity index (χ4n) is 2.71. The van der Waals surface area contributed by atoms with Gasteiger partial charge in [-0.25, -0.2) is 17.2 Å². The fourth-order valence-corrected chi connectivity index (χ4v) is 4.27. The van der Waals surface area contributed by atoms with Crippen molar-refractivity contribution in [2.24, 2.45) is 0 Å². The van der Waals surface area contributed by atoms with Gasteiger partial charge in [0.1, 0.15) is 0 Å². The van der Waals surface area contributed by atoms with E-state index in [1.54, 1.807) is 13.8 Å². The van der Waals surface area contributed by atoms with E-state index in [1.165, 1.54) is 13.1 Å². The number of halogens is 2. The summed E-state index contributed by atoms with van der Waals surface area (Å²) in [6, 6.07) is 7.00. The summed E-state index contributed by atoms with van der Waals surface area (Å²) in [4.78, 5) is 0.258. The van der Waals surface area contributed by atoms with Crippen molar-refractivity contribution in [3.05, 3.63) is 64.2 Å². The van der Waals surface area contributed by atoms with Crippen LogP contribution >= 0.6 is 0 Å². The van der Waals surface area contributed by atoms with Crippen LogP contribution in [0.2, 0.25) is 0 Å². The second kappa shape index (κ2) is 6.37. The highest BCUT2D eigenvalue weighted by Gasteiger charge is 2.25. The molecule has 0 unspecified atom stereocenters. The Bertz CT molecular complexity index is 825. The van der Waals surface area contributed by atoms with Gasteiger partial charge in [-0.05, 0) is 49.6 Å². The lowest BCUT2D eigenvalue weighted by Gasteiger charge is -2.20. The van der Waals surface area contributed by atoms with Crippen LogP contribution in [-0.2, 0) is 16.6 Å². The second-order valence-corrected chi connectivity index (χ2v) is 7.72. The van der Waals surface area contributed by atoms with Crippen molar-refractivity contribution in [3.8, 4) is 0 Å². The molecule has 2 rings (SSSR count). The number of hydrogen-bond acceptors (Lipinski definition) is 2. The Morgan fingerprint density at radius 3 is 2.04 bits per heavy atom. The third-order valence-electron chi connectivity index (χ3n) is 3.66. The first-order valence-corrected chi connectivity index (χ1v) is 8.55. The van der Waals surface area contributed by atoms with Gasteiger partial charge in [0.2, 0.25) is 10.0 Å². The quantitative estimate of drug-likeness (QED) is 0.851. The van der Waals surface area contributed by atoms with E-state index in [0.717, 1.165) is 22.0 Å². The van der Waals surface area contributed by atoms with Crippen LogP contribution in [0.15, 0.2) is 35.2 Å². The third kappa shape index (κ3) is 3.59. The highest BCUT2D eigenvalue weighted by atomic mass is 32.2. The molecule has 2 aromatic carbocycles. The van der Waals surface area contributed by atoms with Crippen LogP contribution in [0, 0.1) is 32.4 Å². The molecule has 0 aromatic heterocycles. The Kier molecular flexibility index (Phi) is 4.87. The van der Waals surface area contributed by atoms with Crippen LogP contribution in [-0.4, -0.2) is 19.8 Å². The molecule has 0 aliphatic rings. The number of hydrogen-bond donors (Lipinski definition) is 0. The van der Waals surface area contributed by atoms with Gasteiger partial charge < -0.3 is 0 Å². The van der Waals surface area contributed by atoms with Crippen LogP contribution < -0.4 is 0 Å². The molecule has 0 aliphatic carbocycles. The average Bonchev–Trinajstić information content (AvgIpc) is 2.41. The van der Waals surface area contributed by atoms with E-state index in [1.807, 2.05) is 19.1 Å². The standard InChI is InChI=1S/C17H19F2NO2S/c1-11-7-12(2)17(13(3)8-11)23(21,22)20(4)10-14-5-6-15(18)16(19)9-14/h5-9H,10H2,1-4H3. The molecule has 124 valence electrons. The first-order chi connectivity index (χ1) is 10.6. The molecule has 2 aromatic rings. The van der Waals surface area contributed by atoms with Crippen LogP contribution in [0.5, 0.6) is 0 Å². The van der Waals surface area contributed by atoms with Crippen LogP contribution in [0.1, 0.15) is 22.3 Å². The zero-order chi connectivity index (χ0) is 17.4. The van der Waals surface area contributed by atoms with Gasteiger partial charge in [-0.3, -0.25) is 0 Å². The Labute approximate surface area is 135 Å². The molecule has 6 heteroatoms. The number of sulfonamides is 1. The Morgan fingerprint density at radius 1 is 0.957 bits per heavy atom. The minimum atomic E-state index is -3.72. The molecule has 0 spiro atoms. The van der Waals surface area contributed by atoms with Gasteiger partial charge in [-0.1, -0.05) is 23.8 Å². The first kappa shape index (κ1) is 17.6. The zero-order valence-corrected chi connectivity index (χ0v) is 14.3. The number of rotatable bonds is 4. The van der Waals surface area contributed by atoms with Gasteiger partial charge in [0, 0.05) is 13.6 Å². The van der Waals surface area contributed by atoms with Gasteiger partial charge >= 0.3 is 0 Å². The van der Waals surface area contributed by atoms with Crippen molar-refractivity contribution in [2.75, 3.05) is 7.05 Å².